The first-order chi connectivity index (χ1) is 12.0. The van der Waals surface area contributed by atoms with Gasteiger partial charge in [0.1, 0.15) is 20.0 Å². The zero-order valence-corrected chi connectivity index (χ0v) is 16.0. The van der Waals surface area contributed by atoms with Gasteiger partial charge in [0.15, 0.2) is 17.5 Å². The fourth-order valence-electron chi connectivity index (χ4n) is 1.89. The fraction of sp³-hybridized carbons (Fsp3) is 0.167. The molecule has 2 aromatic carbocycles. The van der Waals surface area contributed by atoms with Crippen molar-refractivity contribution < 1.29 is 17.6 Å². The maximum absolute atomic E-state index is 14.8. The quantitative estimate of drug-likeness (QED) is 0.254. The fourth-order valence-corrected chi connectivity index (χ4v) is 3.31. The van der Waals surface area contributed by atoms with E-state index >= 15 is 0 Å². The van der Waals surface area contributed by atoms with E-state index in [4.69, 9.17) is 11.0 Å². The summed E-state index contributed by atoms with van der Waals surface area (Å²) in [5.41, 5.74) is 6.98. The second-order valence-corrected chi connectivity index (χ2v) is 12.2. The van der Waals surface area contributed by atoms with Gasteiger partial charge in [-0.05, 0) is 18.2 Å². The maximum Gasteiger partial charge on any atom is 0.184 e. The molecule has 2 N–H and O–H groups in total. The number of anilines is 1. The van der Waals surface area contributed by atoms with Crippen molar-refractivity contribution >= 4 is 25.5 Å². The third-order valence-electron chi connectivity index (χ3n) is 3.16. The molecule has 0 heterocycles. The van der Waals surface area contributed by atoms with Gasteiger partial charge in [-0.25, -0.2) is 17.6 Å². The Morgan fingerprint density at radius 3 is 2.27 bits per heavy atom. The van der Waals surface area contributed by atoms with Gasteiger partial charge in [-0.15, -0.1) is 5.54 Å². The normalized spacial score (nSPS) is 10.8. The van der Waals surface area contributed by atoms with E-state index in [1.165, 1.54) is 6.07 Å². The zero-order valence-electron chi connectivity index (χ0n) is 14.2. The highest BCUT2D eigenvalue weighted by Crippen LogP contribution is 2.37. The van der Waals surface area contributed by atoms with E-state index in [0.717, 1.165) is 12.1 Å². The van der Waals surface area contributed by atoms with E-state index in [0.29, 0.717) is 11.8 Å². The molecule has 26 heavy (non-hydrogen) atoms. The molecule has 134 valence electrons. The lowest BCUT2D eigenvalue weighted by atomic mass is 10.1. The average Bonchev–Trinajstić information content (AvgIpc) is 2.57. The molecule has 0 aliphatic rings. The molecule has 0 bridgehead atoms. The monoisotopic (exact) mass is 394 g/mol. The minimum absolute atomic E-state index is 0.175. The Bertz CT molecular complexity index is 982. The van der Waals surface area contributed by atoms with Crippen LogP contribution in [0.5, 0.6) is 0 Å². The van der Waals surface area contributed by atoms with Crippen molar-refractivity contribution in [1.29, 1.82) is 5.26 Å². The molecule has 0 saturated heterocycles. The summed E-state index contributed by atoms with van der Waals surface area (Å²) in [6, 6.07) is 4.99. The third-order valence-corrected chi connectivity index (χ3v) is 5.08. The zero-order chi connectivity index (χ0) is 19.6. The summed E-state index contributed by atoms with van der Waals surface area (Å²) < 4.78 is 56.5. The highest BCUT2D eigenvalue weighted by molar-refractivity contribution is 7.99. The van der Waals surface area contributed by atoms with Crippen LogP contribution in [0.2, 0.25) is 19.6 Å². The van der Waals surface area contributed by atoms with Gasteiger partial charge >= 0.3 is 0 Å². The number of hydrogen-bond donors (Lipinski definition) is 1. The molecule has 0 aliphatic heterocycles. The molecule has 2 nitrogen and oxygen atoms in total. The lowest BCUT2D eigenvalue weighted by molar-refractivity contribution is 0.469. The third kappa shape index (κ3) is 4.21. The molecule has 0 aromatic heterocycles. The summed E-state index contributed by atoms with van der Waals surface area (Å²) in [4.78, 5) is -0.471. The lowest BCUT2D eigenvalue weighted by Gasteiger charge is -2.11. The first kappa shape index (κ1) is 19.9. The second kappa shape index (κ2) is 7.44. The van der Waals surface area contributed by atoms with Gasteiger partial charge < -0.3 is 5.73 Å². The summed E-state index contributed by atoms with van der Waals surface area (Å²) in [5, 5.41) is 8.85. The van der Waals surface area contributed by atoms with Crippen LogP contribution in [0.4, 0.5) is 23.2 Å². The molecule has 8 heteroatoms. The van der Waals surface area contributed by atoms with Gasteiger partial charge in [-0.3, -0.25) is 0 Å². The number of nitrogens with two attached hydrogens (primary N) is 1. The summed E-state index contributed by atoms with van der Waals surface area (Å²) in [6.45, 7) is 5.72. The van der Waals surface area contributed by atoms with Crippen LogP contribution in [-0.2, 0) is 0 Å². The van der Waals surface area contributed by atoms with E-state index in [1.54, 1.807) is 6.07 Å². The van der Waals surface area contributed by atoms with Crippen molar-refractivity contribution in [3.05, 3.63) is 52.6 Å². The minimum atomic E-state index is -1.91. The van der Waals surface area contributed by atoms with Crippen molar-refractivity contribution in [3.8, 4) is 17.5 Å². The van der Waals surface area contributed by atoms with Gasteiger partial charge in [0.2, 0.25) is 0 Å². The molecule has 0 radical (unpaired) electrons. The van der Waals surface area contributed by atoms with Crippen molar-refractivity contribution in [2.45, 2.75) is 29.4 Å². The van der Waals surface area contributed by atoms with Gasteiger partial charge in [0.25, 0.3) is 0 Å². The van der Waals surface area contributed by atoms with Gasteiger partial charge in [0, 0.05) is 4.90 Å². The van der Waals surface area contributed by atoms with Crippen LogP contribution in [0, 0.1) is 46.1 Å². The Kier molecular flexibility index (Phi) is 5.70. The van der Waals surface area contributed by atoms with Crippen molar-refractivity contribution in [3.63, 3.8) is 0 Å². The van der Waals surface area contributed by atoms with Crippen LogP contribution in [-0.4, -0.2) is 8.07 Å². The van der Waals surface area contributed by atoms with Crippen LogP contribution in [0.1, 0.15) is 11.1 Å². The molecule has 0 aliphatic carbocycles. The summed E-state index contributed by atoms with van der Waals surface area (Å²) in [7, 11) is -1.91. The van der Waals surface area contributed by atoms with Crippen LogP contribution in [0.25, 0.3) is 0 Å². The lowest BCUT2D eigenvalue weighted by Crippen LogP contribution is -2.16. The minimum Gasteiger partial charge on any atom is -0.395 e. The number of halogens is 4. The Balaban J connectivity index is 2.61. The highest BCUT2D eigenvalue weighted by Gasteiger charge is 2.24. The Morgan fingerprint density at radius 1 is 1.04 bits per heavy atom. The topological polar surface area (TPSA) is 49.8 Å². The molecular weight excluding hydrogens is 380 g/mol. The van der Waals surface area contributed by atoms with E-state index in [1.807, 2.05) is 19.6 Å². The standard InChI is InChI=1S/C18H14F4N2SSi/c1-26(2,3)7-6-12-14(20)18(16(22)15(21)17(12)24)25-11-4-5-13(19)10(8-11)9-23/h4-5,8H,24H2,1-3H3. The Labute approximate surface area is 154 Å². The average molecular weight is 394 g/mol. The molecule has 0 fully saturated rings. The number of hydrogen-bond acceptors (Lipinski definition) is 3. The van der Waals surface area contributed by atoms with Crippen LogP contribution in [0.3, 0.4) is 0 Å². The predicted octanol–water partition coefficient (Wildman–Crippen LogP) is 5.08. The molecule has 0 spiro atoms. The first-order valence-corrected chi connectivity index (χ1v) is 11.7. The SMILES string of the molecule is C[Si](C)(C)C#Cc1c(N)c(F)c(F)c(Sc2ccc(F)c(C#N)c2)c1F. The smallest absolute Gasteiger partial charge is 0.184 e. The van der Waals surface area contributed by atoms with Crippen molar-refractivity contribution in [2.24, 2.45) is 0 Å². The number of nitrogen functional groups attached to an aromatic ring is 1. The summed E-state index contributed by atoms with van der Waals surface area (Å²) in [5.74, 6) is -2.16. The Morgan fingerprint density at radius 2 is 1.69 bits per heavy atom. The Hall–Kier alpha value is -2.42. The maximum atomic E-state index is 14.8. The van der Waals surface area contributed by atoms with Crippen molar-refractivity contribution in [1.82, 2.24) is 0 Å². The molecule has 2 aromatic rings. The van der Waals surface area contributed by atoms with Crippen LogP contribution >= 0.6 is 11.8 Å². The summed E-state index contributed by atoms with van der Waals surface area (Å²) >= 11 is 0.530. The number of rotatable bonds is 2. The first-order valence-electron chi connectivity index (χ1n) is 7.41. The van der Waals surface area contributed by atoms with Gasteiger partial charge in [-0.2, -0.15) is 5.26 Å². The highest BCUT2D eigenvalue weighted by atomic mass is 32.2. The number of nitriles is 1. The molecule has 0 unspecified atom stereocenters. The van der Waals surface area contributed by atoms with E-state index < -0.39 is 47.5 Å². The van der Waals surface area contributed by atoms with Gasteiger partial charge in [-0.1, -0.05) is 37.3 Å². The molecule has 0 saturated carbocycles. The van der Waals surface area contributed by atoms with Gasteiger partial charge in [0.05, 0.1) is 21.7 Å². The number of benzene rings is 2. The summed E-state index contributed by atoms with van der Waals surface area (Å²) in [6.07, 6.45) is 0. The number of nitrogens with zero attached hydrogens (tertiary/aromatic N) is 1. The van der Waals surface area contributed by atoms with E-state index in [-0.39, 0.29) is 10.5 Å². The molecule has 2 rings (SSSR count). The predicted molar refractivity (Wildman–Crippen MR) is 96.2 cm³/mol. The molecule has 0 amide bonds. The van der Waals surface area contributed by atoms with E-state index in [9.17, 15) is 17.6 Å². The molecule has 0 atom stereocenters. The molecular formula is C18H14F4N2SSi. The largest absolute Gasteiger partial charge is 0.395 e. The van der Waals surface area contributed by atoms with Crippen molar-refractivity contribution in [2.75, 3.05) is 5.73 Å². The van der Waals surface area contributed by atoms with Crippen LogP contribution < -0.4 is 5.73 Å². The second-order valence-electron chi connectivity index (χ2n) is 6.42. The van der Waals surface area contributed by atoms with Crippen LogP contribution in [0.15, 0.2) is 28.0 Å². The van der Waals surface area contributed by atoms with E-state index in [2.05, 4.69) is 11.5 Å².